The monoisotopic (exact) mass is 320 g/mol. The molecule has 10 heteroatoms. The number of sulfonamides is 1. The maximum Gasteiger partial charge on any atom is 0.305 e. The highest BCUT2D eigenvalue weighted by atomic mass is 32.2. The number of nitro benzene ring substituents is 1. The molecule has 0 spiro atoms. The molecule has 0 heterocycles. The fourth-order valence-electron chi connectivity index (χ4n) is 1.48. The number of anilines is 1. The minimum Gasteiger partial charge on any atom is -0.469 e. The molecular formula is C11H13FN2O6S. The number of halogens is 1. The lowest BCUT2D eigenvalue weighted by Gasteiger charge is -2.07. The number of rotatable bonds is 7. The predicted molar refractivity (Wildman–Crippen MR) is 71.7 cm³/mol. The number of nitrogens with zero attached hydrogens (tertiary/aromatic N) is 1. The SMILES string of the molecule is COC(=O)CCCS(=O)(=O)Nc1cc(F)cc([N+](=O)[O-])c1. The van der Waals surface area contributed by atoms with E-state index in [1.807, 2.05) is 4.72 Å². The smallest absolute Gasteiger partial charge is 0.305 e. The molecular weight excluding hydrogens is 307 g/mol. The van der Waals surface area contributed by atoms with Crippen LogP contribution in [0, 0.1) is 15.9 Å². The Hall–Kier alpha value is -2.23. The lowest BCUT2D eigenvalue weighted by atomic mass is 10.3. The van der Waals surface area contributed by atoms with Crippen molar-refractivity contribution < 1.29 is 27.3 Å². The predicted octanol–water partition coefficient (Wildman–Crippen LogP) is 1.43. The molecule has 21 heavy (non-hydrogen) atoms. The van der Waals surface area contributed by atoms with Crippen LogP contribution in [-0.2, 0) is 19.6 Å². The molecule has 0 unspecified atom stereocenters. The summed E-state index contributed by atoms with van der Waals surface area (Å²) in [6.45, 7) is 0. The highest BCUT2D eigenvalue weighted by molar-refractivity contribution is 7.92. The van der Waals surface area contributed by atoms with Crippen LogP contribution in [-0.4, -0.2) is 32.2 Å². The summed E-state index contributed by atoms with van der Waals surface area (Å²) in [4.78, 5) is 20.6. The molecule has 0 atom stereocenters. The van der Waals surface area contributed by atoms with E-state index in [1.165, 1.54) is 7.11 Å². The number of non-ortho nitro benzene ring substituents is 1. The number of benzene rings is 1. The molecule has 0 saturated heterocycles. The molecule has 8 nitrogen and oxygen atoms in total. The molecule has 0 saturated carbocycles. The van der Waals surface area contributed by atoms with Crippen LogP contribution in [0.2, 0.25) is 0 Å². The number of esters is 1. The van der Waals surface area contributed by atoms with E-state index in [1.54, 1.807) is 0 Å². The molecule has 0 aliphatic rings. The van der Waals surface area contributed by atoms with Crippen molar-refractivity contribution in [1.82, 2.24) is 0 Å². The number of carbonyl (C=O) groups is 1. The number of hydrogen-bond donors (Lipinski definition) is 1. The van der Waals surface area contributed by atoms with Gasteiger partial charge in [0.15, 0.2) is 0 Å². The van der Waals surface area contributed by atoms with Crippen LogP contribution in [0.3, 0.4) is 0 Å². The van der Waals surface area contributed by atoms with Gasteiger partial charge in [0.05, 0.1) is 29.5 Å². The van der Waals surface area contributed by atoms with Crippen LogP contribution < -0.4 is 4.72 Å². The molecule has 1 N–H and O–H groups in total. The van der Waals surface area contributed by atoms with Gasteiger partial charge in [0.2, 0.25) is 10.0 Å². The second-order valence-corrected chi connectivity index (χ2v) is 5.90. The molecule has 1 rings (SSSR count). The van der Waals surface area contributed by atoms with E-state index in [4.69, 9.17) is 0 Å². The Morgan fingerprint density at radius 2 is 2.10 bits per heavy atom. The molecule has 0 fully saturated rings. The summed E-state index contributed by atoms with van der Waals surface area (Å²) in [5, 5.41) is 10.6. The maximum absolute atomic E-state index is 13.2. The summed E-state index contributed by atoms with van der Waals surface area (Å²) in [6.07, 6.45) is -0.0693. The standard InChI is InChI=1S/C11H13FN2O6S/c1-20-11(15)3-2-4-21(18,19)13-9-5-8(12)6-10(7-9)14(16)17/h5-7,13H,2-4H2,1H3. The zero-order valence-electron chi connectivity index (χ0n) is 11.0. The fourth-order valence-corrected chi connectivity index (χ4v) is 2.58. The van der Waals surface area contributed by atoms with Gasteiger partial charge in [-0.05, 0) is 12.5 Å². The summed E-state index contributed by atoms with van der Waals surface area (Å²) >= 11 is 0. The lowest BCUT2D eigenvalue weighted by Crippen LogP contribution is -2.18. The van der Waals surface area contributed by atoms with E-state index in [2.05, 4.69) is 4.74 Å². The Balaban J connectivity index is 2.75. The molecule has 0 aromatic heterocycles. The quantitative estimate of drug-likeness (QED) is 0.461. The summed E-state index contributed by atoms with van der Waals surface area (Å²) in [5.74, 6) is -1.88. The molecule has 0 amide bonds. The molecule has 0 aliphatic heterocycles. The lowest BCUT2D eigenvalue weighted by molar-refractivity contribution is -0.385. The number of hydrogen-bond acceptors (Lipinski definition) is 6. The Bertz CT molecular complexity index is 646. The minimum absolute atomic E-state index is 0.0133. The molecule has 0 aliphatic carbocycles. The maximum atomic E-state index is 13.2. The van der Waals surface area contributed by atoms with Crippen molar-refractivity contribution in [2.45, 2.75) is 12.8 Å². The third-order valence-corrected chi connectivity index (χ3v) is 3.76. The van der Waals surface area contributed by atoms with Crippen molar-refractivity contribution in [3.63, 3.8) is 0 Å². The molecule has 1 aromatic carbocycles. The van der Waals surface area contributed by atoms with Crippen molar-refractivity contribution in [3.8, 4) is 0 Å². The summed E-state index contributed by atoms with van der Waals surface area (Å²) < 4.78 is 43.0. The van der Waals surface area contributed by atoms with Crippen LogP contribution in [0.5, 0.6) is 0 Å². The third-order valence-electron chi connectivity index (χ3n) is 2.39. The molecule has 116 valence electrons. The van der Waals surface area contributed by atoms with E-state index in [-0.39, 0.29) is 18.5 Å². The number of nitrogens with one attached hydrogen (secondary N) is 1. The Kier molecular flexibility index (Phi) is 5.59. The minimum atomic E-state index is -3.84. The van der Waals surface area contributed by atoms with E-state index < -0.39 is 38.2 Å². The Morgan fingerprint density at radius 1 is 1.43 bits per heavy atom. The van der Waals surface area contributed by atoms with Crippen molar-refractivity contribution in [2.75, 3.05) is 17.6 Å². The van der Waals surface area contributed by atoms with Crippen LogP contribution in [0.25, 0.3) is 0 Å². The largest absolute Gasteiger partial charge is 0.469 e. The highest BCUT2D eigenvalue weighted by Crippen LogP contribution is 2.21. The van der Waals surface area contributed by atoms with E-state index in [0.29, 0.717) is 6.07 Å². The van der Waals surface area contributed by atoms with E-state index >= 15 is 0 Å². The van der Waals surface area contributed by atoms with Gasteiger partial charge < -0.3 is 4.74 Å². The number of nitro groups is 1. The molecule has 0 bridgehead atoms. The molecule has 1 aromatic rings. The van der Waals surface area contributed by atoms with Gasteiger partial charge >= 0.3 is 5.97 Å². The van der Waals surface area contributed by atoms with Crippen molar-refractivity contribution in [2.24, 2.45) is 0 Å². The van der Waals surface area contributed by atoms with E-state index in [0.717, 1.165) is 12.1 Å². The van der Waals surface area contributed by atoms with Crippen LogP contribution in [0.4, 0.5) is 15.8 Å². The van der Waals surface area contributed by atoms with Crippen LogP contribution in [0.1, 0.15) is 12.8 Å². The Morgan fingerprint density at radius 3 is 2.67 bits per heavy atom. The normalized spacial score (nSPS) is 11.0. The summed E-state index contributed by atoms with van der Waals surface area (Å²) in [5.41, 5.74) is -0.818. The fraction of sp³-hybridized carbons (Fsp3) is 0.364. The van der Waals surface area contributed by atoms with Gasteiger partial charge in [-0.25, -0.2) is 12.8 Å². The Labute approximate surface area is 120 Å². The second kappa shape index (κ2) is 6.97. The van der Waals surface area contributed by atoms with Crippen molar-refractivity contribution in [1.29, 1.82) is 0 Å². The van der Waals surface area contributed by atoms with Crippen LogP contribution >= 0.6 is 0 Å². The zero-order chi connectivity index (χ0) is 16.0. The van der Waals surface area contributed by atoms with Gasteiger partial charge in [0.25, 0.3) is 5.69 Å². The average Bonchev–Trinajstić information content (AvgIpc) is 2.36. The molecule has 0 radical (unpaired) electrons. The average molecular weight is 320 g/mol. The van der Waals surface area contributed by atoms with Gasteiger partial charge in [-0.3, -0.25) is 19.6 Å². The van der Waals surface area contributed by atoms with Gasteiger partial charge in [-0.1, -0.05) is 0 Å². The van der Waals surface area contributed by atoms with Crippen molar-refractivity contribution in [3.05, 3.63) is 34.1 Å². The number of methoxy groups -OCH3 is 1. The van der Waals surface area contributed by atoms with Crippen molar-refractivity contribution >= 4 is 27.4 Å². The number of carbonyl (C=O) groups excluding carboxylic acids is 1. The van der Waals surface area contributed by atoms with Gasteiger partial charge in [-0.2, -0.15) is 0 Å². The van der Waals surface area contributed by atoms with Gasteiger partial charge in [0.1, 0.15) is 5.82 Å². The zero-order valence-corrected chi connectivity index (χ0v) is 11.9. The first-order valence-corrected chi connectivity index (χ1v) is 7.41. The van der Waals surface area contributed by atoms with Gasteiger partial charge in [0, 0.05) is 12.5 Å². The van der Waals surface area contributed by atoms with E-state index in [9.17, 15) is 27.7 Å². The first-order valence-electron chi connectivity index (χ1n) is 5.76. The number of ether oxygens (including phenoxy) is 1. The summed E-state index contributed by atoms with van der Waals surface area (Å²) in [7, 11) is -2.66. The van der Waals surface area contributed by atoms with Gasteiger partial charge in [-0.15, -0.1) is 0 Å². The first-order chi connectivity index (χ1) is 9.73. The summed E-state index contributed by atoms with van der Waals surface area (Å²) in [6, 6.07) is 2.40. The third kappa shape index (κ3) is 5.73. The first kappa shape index (κ1) is 16.8. The second-order valence-electron chi connectivity index (χ2n) is 4.06. The topological polar surface area (TPSA) is 116 Å². The van der Waals surface area contributed by atoms with Crippen LogP contribution in [0.15, 0.2) is 18.2 Å². The highest BCUT2D eigenvalue weighted by Gasteiger charge is 2.15.